The quantitative estimate of drug-likeness (QED) is 0.621. The first kappa shape index (κ1) is 8.96. The van der Waals surface area contributed by atoms with E-state index in [1.807, 2.05) is 6.20 Å². The van der Waals surface area contributed by atoms with E-state index in [2.05, 4.69) is 15.0 Å². The van der Waals surface area contributed by atoms with Crippen molar-refractivity contribution in [2.24, 2.45) is 0 Å². The summed E-state index contributed by atoms with van der Waals surface area (Å²) in [6.07, 6.45) is 7.91. The number of fused-ring (bicyclic) bond motifs is 1. The van der Waals surface area contributed by atoms with Crippen LogP contribution in [-0.2, 0) is 0 Å². The minimum atomic E-state index is -0.364. The lowest BCUT2D eigenvalue weighted by Gasteiger charge is -2.00. The molecule has 0 spiro atoms. The molecule has 0 radical (unpaired) electrons. The molecule has 3 aromatic rings. The molecule has 0 aromatic carbocycles. The molecule has 0 aliphatic carbocycles. The van der Waals surface area contributed by atoms with E-state index >= 15 is 0 Å². The topological polar surface area (TPSA) is 43.1 Å². The Balaban J connectivity index is 2.26. The molecule has 3 aromatic heterocycles. The van der Waals surface area contributed by atoms with Crippen LogP contribution in [0.2, 0.25) is 0 Å². The Kier molecular flexibility index (Phi) is 1.89. The summed E-state index contributed by atoms with van der Waals surface area (Å²) < 4.78 is 14.8. The zero-order chi connectivity index (χ0) is 11.0. The highest BCUT2D eigenvalue weighted by molar-refractivity contribution is 5.61. The number of hydrogen-bond donors (Lipinski definition) is 0. The van der Waals surface area contributed by atoms with Gasteiger partial charge in [-0.05, 0) is 12.1 Å². The highest BCUT2D eigenvalue weighted by Crippen LogP contribution is 2.19. The predicted octanol–water partition coefficient (Wildman–Crippen LogP) is 1.93. The maximum Gasteiger partial charge on any atom is 0.234 e. The molecule has 78 valence electrons. The lowest BCUT2D eigenvalue weighted by molar-refractivity contribution is 0.622. The smallest absolute Gasteiger partial charge is 0.234 e. The molecule has 16 heavy (non-hydrogen) atoms. The van der Waals surface area contributed by atoms with E-state index in [0.717, 1.165) is 5.69 Å². The first-order valence-corrected chi connectivity index (χ1v) is 4.73. The van der Waals surface area contributed by atoms with Gasteiger partial charge in [0.25, 0.3) is 0 Å². The van der Waals surface area contributed by atoms with Crippen molar-refractivity contribution in [2.75, 3.05) is 0 Å². The van der Waals surface area contributed by atoms with Crippen LogP contribution >= 0.6 is 0 Å². The van der Waals surface area contributed by atoms with E-state index in [1.54, 1.807) is 29.1 Å². The summed E-state index contributed by atoms with van der Waals surface area (Å²) in [5.41, 5.74) is 1.45. The van der Waals surface area contributed by atoms with E-state index in [9.17, 15) is 4.39 Å². The monoisotopic (exact) mass is 214 g/mol. The van der Waals surface area contributed by atoms with Crippen molar-refractivity contribution in [1.29, 1.82) is 0 Å². The van der Waals surface area contributed by atoms with Crippen LogP contribution in [0.15, 0.2) is 43.1 Å². The van der Waals surface area contributed by atoms with Gasteiger partial charge in [0.1, 0.15) is 5.82 Å². The first-order valence-electron chi connectivity index (χ1n) is 4.73. The molecule has 4 nitrogen and oxygen atoms in total. The Morgan fingerprint density at radius 2 is 2.06 bits per heavy atom. The molecule has 0 aliphatic heterocycles. The van der Waals surface area contributed by atoms with Crippen LogP contribution in [0.4, 0.5) is 4.39 Å². The van der Waals surface area contributed by atoms with E-state index in [4.69, 9.17) is 0 Å². The summed E-state index contributed by atoms with van der Waals surface area (Å²) in [6, 6.07) is 3.22. The second kappa shape index (κ2) is 3.37. The molecule has 0 fully saturated rings. The number of pyridine rings is 1. The van der Waals surface area contributed by atoms with Crippen LogP contribution in [0.1, 0.15) is 0 Å². The molecule has 5 heteroatoms. The van der Waals surface area contributed by atoms with Crippen molar-refractivity contribution in [2.45, 2.75) is 0 Å². The zero-order valence-corrected chi connectivity index (χ0v) is 8.21. The summed E-state index contributed by atoms with van der Waals surface area (Å²) >= 11 is 0. The Bertz CT molecular complexity index is 647. The number of aromatic nitrogens is 4. The maximum atomic E-state index is 13.1. The van der Waals surface area contributed by atoms with Crippen LogP contribution in [-0.4, -0.2) is 19.4 Å². The zero-order valence-electron chi connectivity index (χ0n) is 8.21. The highest BCUT2D eigenvalue weighted by Gasteiger charge is 2.06. The average Bonchev–Trinajstić information content (AvgIpc) is 2.72. The van der Waals surface area contributed by atoms with Crippen molar-refractivity contribution in [3.8, 4) is 11.3 Å². The minimum absolute atomic E-state index is 0.364. The van der Waals surface area contributed by atoms with Gasteiger partial charge in [-0.3, -0.25) is 9.38 Å². The molecule has 0 saturated carbocycles. The fraction of sp³-hybridized carbons (Fsp3) is 0. The van der Waals surface area contributed by atoms with Gasteiger partial charge in [-0.15, -0.1) is 0 Å². The number of rotatable bonds is 1. The van der Waals surface area contributed by atoms with Gasteiger partial charge in [-0.25, -0.2) is 14.4 Å². The maximum absolute atomic E-state index is 13.1. The van der Waals surface area contributed by atoms with Crippen LogP contribution in [0.25, 0.3) is 17.0 Å². The van der Waals surface area contributed by atoms with Crippen molar-refractivity contribution in [3.05, 3.63) is 48.9 Å². The highest BCUT2D eigenvalue weighted by atomic mass is 19.1. The van der Waals surface area contributed by atoms with Crippen LogP contribution in [0, 0.1) is 5.82 Å². The third-order valence-corrected chi connectivity index (χ3v) is 2.29. The predicted molar refractivity (Wildman–Crippen MR) is 56.2 cm³/mol. The molecule has 0 unspecified atom stereocenters. The third kappa shape index (κ3) is 1.33. The molecule has 0 N–H and O–H groups in total. The minimum Gasteiger partial charge on any atom is -0.284 e. The fourth-order valence-corrected chi connectivity index (χ4v) is 1.59. The average molecular weight is 214 g/mol. The molecule has 0 aliphatic rings. The largest absolute Gasteiger partial charge is 0.284 e. The summed E-state index contributed by atoms with van der Waals surface area (Å²) in [5.74, 6) is 0.220. The third-order valence-electron chi connectivity index (χ3n) is 2.29. The lowest BCUT2D eigenvalue weighted by atomic mass is 10.2. The van der Waals surface area contributed by atoms with E-state index in [1.165, 1.54) is 12.3 Å². The summed E-state index contributed by atoms with van der Waals surface area (Å²) in [6.45, 7) is 0. The van der Waals surface area contributed by atoms with Gasteiger partial charge in [0, 0.05) is 24.2 Å². The van der Waals surface area contributed by atoms with Gasteiger partial charge in [0.2, 0.25) is 5.78 Å². The molecule has 3 rings (SSSR count). The molecule has 0 atom stereocenters. The van der Waals surface area contributed by atoms with Gasteiger partial charge < -0.3 is 0 Å². The lowest BCUT2D eigenvalue weighted by Crippen LogP contribution is -1.90. The summed E-state index contributed by atoms with van der Waals surface area (Å²) in [5, 5.41) is 0. The van der Waals surface area contributed by atoms with Crippen LogP contribution < -0.4 is 0 Å². The SMILES string of the molecule is Fc1cncc(-c2cnc3ncccn23)c1. The molecular weight excluding hydrogens is 207 g/mol. The van der Waals surface area contributed by atoms with Gasteiger partial charge in [0.15, 0.2) is 0 Å². The van der Waals surface area contributed by atoms with Gasteiger partial charge in [0.05, 0.1) is 18.1 Å². The number of halogens is 1. The Labute approximate surface area is 90.4 Å². The van der Waals surface area contributed by atoms with Crippen LogP contribution in [0.3, 0.4) is 0 Å². The Morgan fingerprint density at radius 1 is 1.12 bits per heavy atom. The van der Waals surface area contributed by atoms with E-state index in [-0.39, 0.29) is 5.82 Å². The second-order valence-electron chi connectivity index (χ2n) is 3.32. The second-order valence-corrected chi connectivity index (χ2v) is 3.32. The van der Waals surface area contributed by atoms with Crippen molar-refractivity contribution in [1.82, 2.24) is 19.4 Å². The van der Waals surface area contributed by atoms with Gasteiger partial charge in [-0.2, -0.15) is 0 Å². The van der Waals surface area contributed by atoms with Crippen molar-refractivity contribution in [3.63, 3.8) is 0 Å². The first-order chi connectivity index (χ1) is 7.84. The van der Waals surface area contributed by atoms with Crippen LogP contribution in [0.5, 0.6) is 0 Å². The van der Waals surface area contributed by atoms with Crippen molar-refractivity contribution < 1.29 is 4.39 Å². The summed E-state index contributed by atoms with van der Waals surface area (Å²) in [7, 11) is 0. The fourth-order valence-electron chi connectivity index (χ4n) is 1.59. The van der Waals surface area contributed by atoms with Gasteiger partial charge in [-0.1, -0.05) is 0 Å². The molecule has 0 amide bonds. The molecule has 0 bridgehead atoms. The Hall–Kier alpha value is -2.30. The van der Waals surface area contributed by atoms with Crippen molar-refractivity contribution >= 4 is 5.78 Å². The summed E-state index contributed by atoms with van der Waals surface area (Å²) in [4.78, 5) is 12.0. The number of imidazole rings is 1. The normalized spacial score (nSPS) is 10.8. The Morgan fingerprint density at radius 3 is 2.94 bits per heavy atom. The standard InChI is InChI=1S/C11H7FN4/c12-9-4-8(5-13-6-9)10-7-15-11-14-2-1-3-16(10)11/h1-7H. The molecule has 3 heterocycles. The molecular formula is C11H7FN4. The molecule has 0 saturated heterocycles. The van der Waals surface area contributed by atoms with E-state index in [0.29, 0.717) is 11.3 Å². The van der Waals surface area contributed by atoms with E-state index < -0.39 is 0 Å². The number of hydrogen-bond acceptors (Lipinski definition) is 3. The number of nitrogens with zero attached hydrogens (tertiary/aromatic N) is 4. The van der Waals surface area contributed by atoms with Gasteiger partial charge >= 0.3 is 0 Å².